The van der Waals surface area contributed by atoms with Gasteiger partial charge >= 0.3 is 0 Å². The summed E-state index contributed by atoms with van der Waals surface area (Å²) in [5.41, 5.74) is 0.447. The fourth-order valence-electron chi connectivity index (χ4n) is 1.54. The molecule has 0 aliphatic carbocycles. The van der Waals surface area contributed by atoms with Crippen LogP contribution in [0.1, 0.15) is 33.3 Å². The maximum atomic E-state index is 11.5. The number of pyridine rings is 1. The molecule has 0 aliphatic heterocycles. The second kappa shape index (κ2) is 7.81. The minimum atomic E-state index is -4.28. The molecular weight excluding hydrogens is 278 g/mol. The highest BCUT2D eigenvalue weighted by atomic mass is 32.2. The molecule has 20 heavy (non-hydrogen) atoms. The van der Waals surface area contributed by atoms with Crippen LogP contribution in [0, 0.1) is 6.92 Å². The van der Waals surface area contributed by atoms with Crippen LogP contribution in [-0.4, -0.2) is 18.0 Å². The molecule has 0 amide bonds. The number of aryl methyl sites for hydroxylation is 1. The Balaban J connectivity index is 0.000000829. The Morgan fingerprint density at radius 1 is 1.05 bits per heavy atom. The third-order valence-corrected chi connectivity index (χ3v) is 3.23. The Hall–Kier alpha value is -1.66. The SMILES string of the molecule is CC.CC.Cc1c[nH]c(=O)c2cc(S(=O)(=O)O)ccc12. The average molecular weight is 299 g/mol. The maximum absolute atomic E-state index is 11.5. The highest BCUT2D eigenvalue weighted by Crippen LogP contribution is 2.18. The van der Waals surface area contributed by atoms with Gasteiger partial charge in [-0.15, -0.1) is 0 Å². The molecule has 0 bridgehead atoms. The highest BCUT2D eigenvalue weighted by molar-refractivity contribution is 7.85. The van der Waals surface area contributed by atoms with Gasteiger partial charge in [-0.3, -0.25) is 9.35 Å². The topological polar surface area (TPSA) is 87.2 Å². The summed E-state index contributed by atoms with van der Waals surface area (Å²) in [6, 6.07) is 3.93. The van der Waals surface area contributed by atoms with E-state index >= 15 is 0 Å². The molecule has 1 aromatic carbocycles. The average Bonchev–Trinajstić information content (AvgIpc) is 2.46. The van der Waals surface area contributed by atoms with E-state index in [4.69, 9.17) is 4.55 Å². The molecule has 2 N–H and O–H groups in total. The first-order valence-corrected chi connectivity index (χ1v) is 7.93. The lowest BCUT2D eigenvalue weighted by atomic mass is 10.1. The Labute approximate surface area is 119 Å². The lowest BCUT2D eigenvalue weighted by Gasteiger charge is -2.02. The van der Waals surface area contributed by atoms with Gasteiger partial charge in [0, 0.05) is 11.6 Å². The normalized spacial score (nSPS) is 10.1. The van der Waals surface area contributed by atoms with Crippen molar-refractivity contribution in [2.45, 2.75) is 39.5 Å². The minimum Gasteiger partial charge on any atom is -0.328 e. The summed E-state index contributed by atoms with van der Waals surface area (Å²) < 4.78 is 30.7. The summed E-state index contributed by atoms with van der Waals surface area (Å²) >= 11 is 0. The van der Waals surface area contributed by atoms with Crippen molar-refractivity contribution in [1.29, 1.82) is 0 Å². The van der Waals surface area contributed by atoms with Crippen LogP contribution < -0.4 is 5.56 Å². The third kappa shape index (κ3) is 4.18. The van der Waals surface area contributed by atoms with Gasteiger partial charge < -0.3 is 4.98 Å². The fourth-order valence-corrected chi connectivity index (χ4v) is 2.05. The molecule has 112 valence electrons. The number of aromatic amines is 1. The van der Waals surface area contributed by atoms with Gasteiger partial charge in [0.2, 0.25) is 0 Å². The monoisotopic (exact) mass is 299 g/mol. The lowest BCUT2D eigenvalue weighted by molar-refractivity contribution is 0.483. The zero-order valence-electron chi connectivity index (χ0n) is 12.4. The second-order valence-corrected chi connectivity index (χ2v) is 4.90. The number of hydrogen-bond donors (Lipinski definition) is 2. The van der Waals surface area contributed by atoms with Crippen LogP contribution in [0.25, 0.3) is 10.8 Å². The zero-order valence-corrected chi connectivity index (χ0v) is 13.2. The molecule has 0 saturated heterocycles. The van der Waals surface area contributed by atoms with Gasteiger partial charge in [0.25, 0.3) is 15.7 Å². The lowest BCUT2D eigenvalue weighted by Crippen LogP contribution is -2.07. The van der Waals surface area contributed by atoms with E-state index < -0.39 is 10.1 Å². The van der Waals surface area contributed by atoms with Crippen molar-refractivity contribution < 1.29 is 13.0 Å². The van der Waals surface area contributed by atoms with Gasteiger partial charge in [-0.05, 0) is 30.0 Å². The van der Waals surface area contributed by atoms with E-state index in [0.29, 0.717) is 5.39 Å². The quantitative estimate of drug-likeness (QED) is 0.792. The number of nitrogens with one attached hydrogen (secondary N) is 1. The van der Waals surface area contributed by atoms with Crippen LogP contribution in [0.15, 0.2) is 34.1 Å². The molecule has 0 atom stereocenters. The smallest absolute Gasteiger partial charge is 0.294 e. The molecule has 0 spiro atoms. The Morgan fingerprint density at radius 3 is 2.10 bits per heavy atom. The number of fused-ring (bicyclic) bond motifs is 1. The van der Waals surface area contributed by atoms with Crippen molar-refractivity contribution in [3.63, 3.8) is 0 Å². The van der Waals surface area contributed by atoms with Crippen molar-refractivity contribution in [3.8, 4) is 0 Å². The number of H-pyrrole nitrogens is 1. The first-order chi connectivity index (χ1) is 9.39. The van der Waals surface area contributed by atoms with E-state index in [2.05, 4.69) is 4.98 Å². The fraction of sp³-hybridized carbons (Fsp3) is 0.357. The predicted molar refractivity (Wildman–Crippen MR) is 81.8 cm³/mol. The summed E-state index contributed by atoms with van der Waals surface area (Å²) in [5.74, 6) is 0. The number of benzene rings is 1. The highest BCUT2D eigenvalue weighted by Gasteiger charge is 2.11. The first kappa shape index (κ1) is 18.3. The van der Waals surface area contributed by atoms with Gasteiger partial charge in [0.15, 0.2) is 0 Å². The summed E-state index contributed by atoms with van der Waals surface area (Å²) in [6.45, 7) is 9.80. The minimum absolute atomic E-state index is 0.245. The third-order valence-electron chi connectivity index (χ3n) is 2.38. The molecule has 0 unspecified atom stereocenters. The largest absolute Gasteiger partial charge is 0.328 e. The van der Waals surface area contributed by atoms with Crippen molar-refractivity contribution in [2.75, 3.05) is 0 Å². The van der Waals surface area contributed by atoms with Crippen LogP contribution in [0.3, 0.4) is 0 Å². The first-order valence-electron chi connectivity index (χ1n) is 6.49. The van der Waals surface area contributed by atoms with E-state index in [1.54, 1.807) is 13.1 Å². The van der Waals surface area contributed by atoms with Crippen LogP contribution in [0.5, 0.6) is 0 Å². The van der Waals surface area contributed by atoms with Gasteiger partial charge in [0.1, 0.15) is 0 Å². The van der Waals surface area contributed by atoms with Gasteiger partial charge in [-0.25, -0.2) is 0 Å². The van der Waals surface area contributed by atoms with Crippen molar-refractivity contribution in [1.82, 2.24) is 4.98 Å². The van der Waals surface area contributed by atoms with E-state index in [0.717, 1.165) is 11.6 Å². The second-order valence-electron chi connectivity index (χ2n) is 3.48. The van der Waals surface area contributed by atoms with Crippen LogP contribution in [0.4, 0.5) is 0 Å². The molecule has 2 rings (SSSR count). The number of rotatable bonds is 1. The Bertz CT molecular complexity index is 718. The Morgan fingerprint density at radius 2 is 1.60 bits per heavy atom. The molecule has 6 heteroatoms. The molecule has 2 aromatic rings. The van der Waals surface area contributed by atoms with Crippen molar-refractivity contribution >= 4 is 20.9 Å². The van der Waals surface area contributed by atoms with Gasteiger partial charge in [0.05, 0.1) is 4.90 Å². The van der Waals surface area contributed by atoms with E-state index in [1.807, 2.05) is 27.7 Å². The van der Waals surface area contributed by atoms with E-state index in [-0.39, 0.29) is 15.8 Å². The molecule has 0 fully saturated rings. The van der Waals surface area contributed by atoms with Crippen LogP contribution in [-0.2, 0) is 10.1 Å². The number of hydrogen-bond acceptors (Lipinski definition) is 3. The van der Waals surface area contributed by atoms with Crippen LogP contribution >= 0.6 is 0 Å². The van der Waals surface area contributed by atoms with E-state index in [9.17, 15) is 13.2 Å². The molecule has 1 heterocycles. The zero-order chi connectivity index (χ0) is 15.9. The molecule has 0 aliphatic rings. The molecule has 0 saturated carbocycles. The Kier molecular flexibility index (Phi) is 7.17. The molecule has 5 nitrogen and oxygen atoms in total. The summed E-state index contributed by atoms with van der Waals surface area (Å²) in [4.78, 5) is 13.7. The van der Waals surface area contributed by atoms with E-state index in [1.165, 1.54) is 12.1 Å². The predicted octanol–water partition coefficient (Wildman–Crippen LogP) is 3.14. The van der Waals surface area contributed by atoms with Crippen molar-refractivity contribution in [3.05, 3.63) is 40.3 Å². The molecule has 1 aromatic heterocycles. The molecular formula is C14H21NO4S. The summed E-state index contributed by atoms with van der Waals surface area (Å²) in [7, 11) is -4.28. The maximum Gasteiger partial charge on any atom is 0.294 e. The number of aromatic nitrogens is 1. The summed E-state index contributed by atoms with van der Waals surface area (Å²) in [6.07, 6.45) is 1.55. The van der Waals surface area contributed by atoms with Gasteiger partial charge in [-0.1, -0.05) is 33.8 Å². The van der Waals surface area contributed by atoms with Crippen molar-refractivity contribution in [2.24, 2.45) is 0 Å². The summed E-state index contributed by atoms with van der Waals surface area (Å²) in [5, 5.41) is 0.909. The standard InChI is InChI=1S/C10H9NO4S.2C2H6/c1-6-5-11-10(12)9-4-7(16(13,14)15)2-3-8(6)9;2*1-2/h2-5H,1H3,(H,11,12)(H,13,14,15);2*1-2H3. The van der Waals surface area contributed by atoms with Crippen LogP contribution in [0.2, 0.25) is 0 Å². The molecule has 0 radical (unpaired) electrons. The van der Waals surface area contributed by atoms with Gasteiger partial charge in [-0.2, -0.15) is 8.42 Å².